The predicted octanol–water partition coefficient (Wildman–Crippen LogP) is 1.75. The number of hydrogen-bond donors (Lipinski definition) is 2. The Morgan fingerprint density at radius 1 is 1.21 bits per heavy atom. The zero-order chi connectivity index (χ0) is 27.7. The molecule has 0 unspecified atom stereocenters. The van der Waals surface area contributed by atoms with E-state index in [9.17, 15) is 13.6 Å². The number of hydrogen-bond acceptors (Lipinski definition) is 11. The number of nitrogens with zero attached hydrogens (tertiary/aromatic N) is 8. The molecule has 15 heteroatoms. The molecule has 1 atom stereocenters. The molecule has 1 saturated heterocycles. The van der Waals surface area contributed by atoms with Crippen LogP contribution in [-0.2, 0) is 4.79 Å². The summed E-state index contributed by atoms with van der Waals surface area (Å²) in [6.45, 7) is 4.79. The van der Waals surface area contributed by atoms with E-state index < -0.39 is 23.7 Å². The first-order chi connectivity index (χ1) is 18.7. The summed E-state index contributed by atoms with van der Waals surface area (Å²) in [5.74, 6) is -1.54. The molecular formula is C24H27F2N9O4. The van der Waals surface area contributed by atoms with Crippen LogP contribution in [0.15, 0.2) is 34.9 Å². The summed E-state index contributed by atoms with van der Waals surface area (Å²) < 4.78 is 40.6. The normalized spacial score (nSPS) is 15.0. The summed E-state index contributed by atoms with van der Waals surface area (Å²) in [6.07, 6.45) is 0.259. The Morgan fingerprint density at radius 3 is 2.67 bits per heavy atom. The summed E-state index contributed by atoms with van der Waals surface area (Å²) in [7, 11) is 1.85. The van der Waals surface area contributed by atoms with Crippen molar-refractivity contribution in [2.45, 2.75) is 13.0 Å². The Kier molecular flexibility index (Phi) is 7.15. The summed E-state index contributed by atoms with van der Waals surface area (Å²) >= 11 is 0. The lowest BCUT2D eigenvalue weighted by molar-refractivity contribution is -0.144. The number of furan rings is 1. The second-order valence-corrected chi connectivity index (χ2v) is 9.09. The molecule has 0 bridgehead atoms. The van der Waals surface area contributed by atoms with Gasteiger partial charge in [0.05, 0.1) is 12.0 Å². The number of rotatable bonds is 9. The van der Waals surface area contributed by atoms with E-state index in [4.69, 9.17) is 20.0 Å². The molecule has 4 aromatic rings. The van der Waals surface area contributed by atoms with E-state index in [0.717, 1.165) is 6.07 Å². The van der Waals surface area contributed by atoms with Gasteiger partial charge >= 0.3 is 5.97 Å². The highest BCUT2D eigenvalue weighted by Gasteiger charge is 2.24. The molecule has 206 valence electrons. The van der Waals surface area contributed by atoms with E-state index in [-0.39, 0.29) is 17.4 Å². The molecular weight excluding hydrogens is 516 g/mol. The second kappa shape index (κ2) is 10.7. The van der Waals surface area contributed by atoms with Crippen molar-refractivity contribution in [2.24, 2.45) is 0 Å². The molecule has 3 aromatic heterocycles. The largest absolute Gasteiger partial charge is 0.479 e. The van der Waals surface area contributed by atoms with Gasteiger partial charge in [0.1, 0.15) is 5.82 Å². The quantitative estimate of drug-likeness (QED) is 0.316. The highest BCUT2D eigenvalue weighted by Crippen LogP contribution is 2.30. The first kappa shape index (κ1) is 26.1. The van der Waals surface area contributed by atoms with Crippen LogP contribution in [0.25, 0.3) is 17.4 Å². The molecule has 1 aromatic carbocycles. The predicted molar refractivity (Wildman–Crippen MR) is 137 cm³/mol. The molecule has 0 spiro atoms. The number of nitrogens with two attached hydrogens (primary N) is 1. The maximum atomic E-state index is 14.6. The number of likely N-dealkylation sites (N-methyl/N-ethyl adjacent to an activating group) is 1. The molecule has 0 saturated carbocycles. The van der Waals surface area contributed by atoms with Gasteiger partial charge in [-0.25, -0.2) is 13.6 Å². The number of anilines is 3. The molecule has 0 amide bonds. The Bertz CT molecular complexity index is 1470. The number of carbonyl (C=O) groups is 1. The number of carboxylic acid groups (broad SMARTS) is 1. The topological polar surface area (TPSA) is 151 Å². The average molecular weight is 544 g/mol. The fraction of sp³-hybridized carbons (Fsp3) is 0.375. The minimum Gasteiger partial charge on any atom is -0.479 e. The summed E-state index contributed by atoms with van der Waals surface area (Å²) in [5, 5.41) is 13.3. The van der Waals surface area contributed by atoms with Crippen molar-refractivity contribution in [3.63, 3.8) is 0 Å². The number of piperazine rings is 1. The lowest BCUT2D eigenvalue weighted by Crippen LogP contribution is -2.48. The van der Waals surface area contributed by atoms with Crippen LogP contribution < -0.4 is 20.3 Å². The van der Waals surface area contributed by atoms with Crippen molar-refractivity contribution < 1.29 is 27.8 Å². The Balaban J connectivity index is 1.19. The number of benzene rings is 1. The highest BCUT2D eigenvalue weighted by molar-refractivity contribution is 5.72. The van der Waals surface area contributed by atoms with Gasteiger partial charge in [-0.3, -0.25) is 4.90 Å². The minimum absolute atomic E-state index is 0.142. The van der Waals surface area contributed by atoms with Crippen molar-refractivity contribution in [2.75, 3.05) is 61.8 Å². The maximum Gasteiger partial charge on any atom is 0.344 e. The van der Waals surface area contributed by atoms with Gasteiger partial charge in [0.2, 0.25) is 17.7 Å². The summed E-state index contributed by atoms with van der Waals surface area (Å²) in [5.41, 5.74) is 6.26. The molecule has 3 N–H and O–H groups in total. The minimum atomic E-state index is -1.27. The van der Waals surface area contributed by atoms with Crippen LogP contribution in [0.4, 0.5) is 26.4 Å². The highest BCUT2D eigenvalue weighted by atomic mass is 19.1. The van der Waals surface area contributed by atoms with Gasteiger partial charge in [0, 0.05) is 58.4 Å². The molecule has 1 aliphatic rings. The molecule has 39 heavy (non-hydrogen) atoms. The van der Waals surface area contributed by atoms with Crippen molar-refractivity contribution in [1.29, 1.82) is 0 Å². The lowest BCUT2D eigenvalue weighted by atomic mass is 10.2. The zero-order valence-electron chi connectivity index (χ0n) is 21.3. The van der Waals surface area contributed by atoms with E-state index in [1.54, 1.807) is 17.0 Å². The third-order valence-electron chi connectivity index (χ3n) is 6.42. The van der Waals surface area contributed by atoms with Crippen molar-refractivity contribution >= 4 is 29.3 Å². The maximum absolute atomic E-state index is 14.6. The monoisotopic (exact) mass is 543 g/mol. The van der Waals surface area contributed by atoms with Crippen LogP contribution in [-0.4, -0.2) is 93.0 Å². The van der Waals surface area contributed by atoms with Crippen LogP contribution in [0.2, 0.25) is 0 Å². The smallest absolute Gasteiger partial charge is 0.344 e. The second-order valence-electron chi connectivity index (χ2n) is 9.09. The van der Waals surface area contributed by atoms with Crippen LogP contribution in [0.5, 0.6) is 5.75 Å². The van der Waals surface area contributed by atoms with Crippen molar-refractivity contribution in [3.05, 3.63) is 42.2 Å². The van der Waals surface area contributed by atoms with E-state index in [1.807, 2.05) is 11.9 Å². The Morgan fingerprint density at radius 2 is 1.97 bits per heavy atom. The Labute approximate surface area is 221 Å². The van der Waals surface area contributed by atoms with Gasteiger partial charge in [-0.2, -0.15) is 19.5 Å². The fourth-order valence-electron chi connectivity index (χ4n) is 4.17. The third kappa shape index (κ3) is 5.52. The fourth-order valence-corrected chi connectivity index (χ4v) is 4.17. The number of carboxylic acids is 1. The van der Waals surface area contributed by atoms with E-state index in [0.29, 0.717) is 62.6 Å². The Hall–Kier alpha value is -4.53. The van der Waals surface area contributed by atoms with Gasteiger partial charge in [-0.05, 0) is 19.1 Å². The molecule has 4 heterocycles. The van der Waals surface area contributed by atoms with Crippen LogP contribution in [0.1, 0.15) is 6.92 Å². The van der Waals surface area contributed by atoms with Crippen LogP contribution in [0, 0.1) is 11.6 Å². The first-order valence-corrected chi connectivity index (χ1v) is 12.2. The van der Waals surface area contributed by atoms with Crippen LogP contribution in [0.3, 0.4) is 0 Å². The van der Waals surface area contributed by atoms with E-state index in [1.165, 1.54) is 23.8 Å². The molecule has 0 aliphatic carbocycles. The van der Waals surface area contributed by atoms with Crippen LogP contribution >= 0.6 is 0 Å². The van der Waals surface area contributed by atoms with Gasteiger partial charge in [0.25, 0.3) is 5.78 Å². The van der Waals surface area contributed by atoms with Gasteiger partial charge < -0.3 is 29.8 Å². The molecule has 5 rings (SSSR count). The molecule has 13 nitrogen and oxygen atoms in total. The summed E-state index contributed by atoms with van der Waals surface area (Å²) in [4.78, 5) is 30.1. The van der Waals surface area contributed by atoms with E-state index >= 15 is 0 Å². The number of ether oxygens (including phenoxy) is 1. The SMILES string of the molecule is C[C@H](Oc1cc(N2CCN(CCN(C)c3nc(N)n4nc(-c5ccco5)nc4n3)CC2)c(F)cc1F)C(=O)O. The first-order valence-electron chi connectivity index (χ1n) is 12.2. The van der Waals surface area contributed by atoms with Gasteiger partial charge in [-0.15, -0.1) is 5.10 Å². The van der Waals surface area contributed by atoms with Gasteiger partial charge in [0.15, 0.2) is 23.4 Å². The zero-order valence-corrected chi connectivity index (χ0v) is 21.3. The number of aromatic nitrogens is 5. The number of aliphatic carboxylic acids is 1. The number of halogens is 2. The molecule has 1 aliphatic heterocycles. The summed E-state index contributed by atoms with van der Waals surface area (Å²) in [6, 6.07) is 5.41. The standard InChI is InChI=1S/C24H27F2N9O4/c1-14(21(36)37)39-19-13-17(15(25)12-16(19)26)34-9-7-33(8-10-34)6-5-32(2)23-29-22(27)35-24(30-23)28-20(31-35)18-4-3-11-38-18/h3-4,11-14H,5-10H2,1-2H3,(H,36,37)(H2,27,28,29,30,31)/t14-/m0/s1. The number of nitrogen functional groups attached to an aromatic ring is 1. The van der Waals surface area contributed by atoms with Gasteiger partial charge in [-0.1, -0.05) is 0 Å². The molecule has 0 radical (unpaired) electrons. The lowest BCUT2D eigenvalue weighted by Gasteiger charge is -2.37. The molecule has 1 fully saturated rings. The van der Waals surface area contributed by atoms with E-state index in [2.05, 4.69) is 25.0 Å². The van der Waals surface area contributed by atoms with Crippen molar-refractivity contribution in [3.8, 4) is 17.3 Å². The third-order valence-corrected chi connectivity index (χ3v) is 6.42. The number of fused-ring (bicyclic) bond motifs is 1. The average Bonchev–Trinajstić information content (AvgIpc) is 3.59. The van der Waals surface area contributed by atoms with Crippen molar-refractivity contribution in [1.82, 2.24) is 29.5 Å².